The zero-order valence-corrected chi connectivity index (χ0v) is 16.7. The minimum Gasteiger partial charge on any atom is -0.435 e. The van der Waals surface area contributed by atoms with E-state index in [0.717, 1.165) is 16.3 Å². The monoisotopic (exact) mass is 418 g/mol. The highest BCUT2D eigenvalue weighted by molar-refractivity contribution is 7.98. The topological polar surface area (TPSA) is 64.4 Å². The number of nitrogens with zero attached hydrogens (tertiary/aromatic N) is 1. The zero-order valence-electron chi connectivity index (χ0n) is 15.9. The summed E-state index contributed by atoms with van der Waals surface area (Å²) in [6.45, 7) is 0.737. The van der Waals surface area contributed by atoms with E-state index in [1.165, 1.54) is 23.9 Å². The molecule has 3 aromatic rings. The van der Waals surface area contributed by atoms with Gasteiger partial charge in [-0.3, -0.25) is 4.79 Å². The van der Waals surface area contributed by atoms with E-state index in [2.05, 4.69) is 15.2 Å². The number of halogens is 2. The smallest absolute Gasteiger partial charge is 0.387 e. The Morgan fingerprint density at radius 2 is 2.00 bits per heavy atom. The molecule has 0 bridgehead atoms. The maximum Gasteiger partial charge on any atom is 0.387 e. The van der Waals surface area contributed by atoms with Crippen LogP contribution in [0.15, 0.2) is 64.0 Å². The first-order chi connectivity index (χ1) is 13.9. The van der Waals surface area contributed by atoms with Gasteiger partial charge >= 0.3 is 6.61 Å². The Morgan fingerprint density at radius 3 is 2.72 bits per heavy atom. The SMILES string of the molecule is Cc1cc(CSc2ccccc2C(=O)NC(C)c2cccc(OC(F)F)c2)on1. The molecule has 29 heavy (non-hydrogen) atoms. The van der Waals surface area contributed by atoms with Gasteiger partial charge in [0.15, 0.2) is 0 Å². The third-order valence-corrected chi connectivity index (χ3v) is 5.21. The second-order valence-corrected chi connectivity index (χ2v) is 7.38. The van der Waals surface area contributed by atoms with Gasteiger partial charge in [-0.2, -0.15) is 8.78 Å². The summed E-state index contributed by atoms with van der Waals surface area (Å²) in [5.74, 6) is 1.08. The fourth-order valence-corrected chi connectivity index (χ4v) is 3.66. The van der Waals surface area contributed by atoms with Crippen LogP contribution in [0.4, 0.5) is 8.78 Å². The van der Waals surface area contributed by atoms with Gasteiger partial charge < -0.3 is 14.6 Å². The molecular formula is C21H20F2N2O3S. The van der Waals surface area contributed by atoms with Crippen LogP contribution in [0.2, 0.25) is 0 Å². The average Bonchev–Trinajstić information content (AvgIpc) is 3.11. The van der Waals surface area contributed by atoms with Gasteiger partial charge in [0.25, 0.3) is 5.91 Å². The molecule has 0 aliphatic heterocycles. The number of nitrogens with one attached hydrogen (secondary N) is 1. The number of rotatable bonds is 8. The van der Waals surface area contributed by atoms with Gasteiger partial charge in [0.1, 0.15) is 11.5 Å². The van der Waals surface area contributed by atoms with Crippen molar-refractivity contribution in [1.29, 1.82) is 0 Å². The van der Waals surface area contributed by atoms with Crippen molar-refractivity contribution in [2.75, 3.05) is 0 Å². The normalized spacial score (nSPS) is 12.0. The molecular weight excluding hydrogens is 398 g/mol. The number of carbonyl (C=O) groups excluding carboxylic acids is 1. The summed E-state index contributed by atoms with van der Waals surface area (Å²) >= 11 is 1.48. The zero-order chi connectivity index (χ0) is 20.8. The van der Waals surface area contributed by atoms with Crippen LogP contribution in [0.3, 0.4) is 0 Å². The average molecular weight is 418 g/mol. The molecule has 0 saturated heterocycles. The number of hydrogen-bond donors (Lipinski definition) is 1. The third-order valence-electron chi connectivity index (χ3n) is 4.11. The molecule has 1 unspecified atom stereocenters. The predicted octanol–water partition coefficient (Wildman–Crippen LogP) is 5.37. The highest BCUT2D eigenvalue weighted by Gasteiger charge is 2.16. The molecule has 152 valence electrons. The van der Waals surface area contributed by atoms with Crippen LogP contribution in [0.1, 0.15) is 40.3 Å². The van der Waals surface area contributed by atoms with Crippen molar-refractivity contribution in [3.05, 3.63) is 77.2 Å². The van der Waals surface area contributed by atoms with E-state index < -0.39 is 12.7 Å². The van der Waals surface area contributed by atoms with E-state index in [0.29, 0.717) is 16.9 Å². The maximum atomic E-state index is 12.8. The predicted molar refractivity (Wildman–Crippen MR) is 106 cm³/mol. The standard InChI is InChI=1S/C21H20F2N2O3S/c1-13-10-17(28-25-13)12-29-19-9-4-3-8-18(19)20(26)24-14(2)15-6-5-7-16(11-15)27-21(22)23/h3-11,14,21H,12H2,1-2H3,(H,24,26). The fourth-order valence-electron chi connectivity index (χ4n) is 2.73. The van der Waals surface area contributed by atoms with Crippen LogP contribution in [0.25, 0.3) is 0 Å². The van der Waals surface area contributed by atoms with Crippen molar-refractivity contribution in [3.63, 3.8) is 0 Å². The number of amides is 1. The summed E-state index contributed by atoms with van der Waals surface area (Å²) in [5.41, 5.74) is 2.00. The van der Waals surface area contributed by atoms with Crippen molar-refractivity contribution < 1.29 is 22.8 Å². The minimum atomic E-state index is -2.90. The molecule has 1 N–H and O–H groups in total. The van der Waals surface area contributed by atoms with Gasteiger partial charge in [-0.25, -0.2) is 0 Å². The van der Waals surface area contributed by atoms with E-state index in [1.54, 1.807) is 31.2 Å². The summed E-state index contributed by atoms with van der Waals surface area (Å²) in [7, 11) is 0. The summed E-state index contributed by atoms with van der Waals surface area (Å²) < 4.78 is 34.5. The molecule has 1 aromatic heterocycles. The number of carbonyl (C=O) groups is 1. The van der Waals surface area contributed by atoms with E-state index in [-0.39, 0.29) is 11.7 Å². The van der Waals surface area contributed by atoms with Crippen LogP contribution < -0.4 is 10.1 Å². The van der Waals surface area contributed by atoms with E-state index >= 15 is 0 Å². The molecule has 1 amide bonds. The molecule has 0 aliphatic rings. The Balaban J connectivity index is 1.69. The summed E-state index contributed by atoms with van der Waals surface area (Å²) in [4.78, 5) is 13.6. The maximum absolute atomic E-state index is 12.8. The van der Waals surface area contributed by atoms with E-state index in [9.17, 15) is 13.6 Å². The molecule has 2 aromatic carbocycles. The van der Waals surface area contributed by atoms with Gasteiger partial charge in [0.2, 0.25) is 0 Å². The van der Waals surface area contributed by atoms with Crippen LogP contribution in [0, 0.1) is 6.92 Å². The molecule has 3 rings (SSSR count). The highest BCUT2D eigenvalue weighted by atomic mass is 32.2. The lowest BCUT2D eigenvalue weighted by Gasteiger charge is -2.17. The summed E-state index contributed by atoms with van der Waals surface area (Å²) in [5, 5.41) is 6.76. The van der Waals surface area contributed by atoms with Gasteiger partial charge in [-0.05, 0) is 43.7 Å². The van der Waals surface area contributed by atoms with Crippen LogP contribution in [-0.4, -0.2) is 17.7 Å². The summed E-state index contributed by atoms with van der Waals surface area (Å²) in [6.07, 6.45) is 0. The Bertz CT molecular complexity index is 978. The van der Waals surface area contributed by atoms with Crippen molar-refractivity contribution in [1.82, 2.24) is 10.5 Å². The van der Waals surface area contributed by atoms with Gasteiger partial charge in [0, 0.05) is 11.0 Å². The second-order valence-electron chi connectivity index (χ2n) is 6.37. The van der Waals surface area contributed by atoms with Crippen molar-refractivity contribution in [2.45, 2.75) is 37.1 Å². The van der Waals surface area contributed by atoms with Crippen molar-refractivity contribution in [3.8, 4) is 5.75 Å². The van der Waals surface area contributed by atoms with Crippen LogP contribution in [-0.2, 0) is 5.75 Å². The number of alkyl halides is 2. The Morgan fingerprint density at radius 1 is 1.21 bits per heavy atom. The molecule has 0 fully saturated rings. The lowest BCUT2D eigenvalue weighted by atomic mass is 10.1. The summed E-state index contributed by atoms with van der Waals surface area (Å²) in [6, 6.07) is 15.0. The van der Waals surface area contributed by atoms with Crippen molar-refractivity contribution >= 4 is 17.7 Å². The first-order valence-electron chi connectivity index (χ1n) is 8.92. The molecule has 0 saturated carbocycles. The molecule has 0 spiro atoms. The van der Waals surface area contributed by atoms with Gasteiger partial charge in [-0.15, -0.1) is 11.8 Å². The van der Waals surface area contributed by atoms with Gasteiger partial charge in [-0.1, -0.05) is 29.4 Å². The van der Waals surface area contributed by atoms with Gasteiger partial charge in [0.05, 0.1) is 23.1 Å². The fraction of sp³-hybridized carbons (Fsp3) is 0.238. The van der Waals surface area contributed by atoms with Crippen LogP contribution in [0.5, 0.6) is 5.75 Å². The molecule has 8 heteroatoms. The number of benzene rings is 2. The lowest BCUT2D eigenvalue weighted by Crippen LogP contribution is -2.27. The quantitative estimate of drug-likeness (QED) is 0.499. The molecule has 5 nitrogen and oxygen atoms in total. The molecule has 1 atom stereocenters. The van der Waals surface area contributed by atoms with Crippen LogP contribution >= 0.6 is 11.8 Å². The van der Waals surface area contributed by atoms with Crippen molar-refractivity contribution in [2.24, 2.45) is 0 Å². The number of aromatic nitrogens is 1. The Kier molecular flexibility index (Phi) is 6.87. The number of aryl methyl sites for hydroxylation is 1. The van der Waals surface area contributed by atoms with E-state index in [1.807, 2.05) is 25.1 Å². The first-order valence-corrected chi connectivity index (χ1v) is 9.90. The van der Waals surface area contributed by atoms with E-state index in [4.69, 9.17) is 4.52 Å². The third kappa shape index (κ3) is 5.80. The minimum absolute atomic E-state index is 0.0527. The first kappa shape index (κ1) is 20.9. The number of ether oxygens (including phenoxy) is 1. The Hall–Kier alpha value is -2.87. The highest BCUT2D eigenvalue weighted by Crippen LogP contribution is 2.27. The Labute approximate surface area is 171 Å². The molecule has 0 radical (unpaired) electrons. The lowest BCUT2D eigenvalue weighted by molar-refractivity contribution is -0.0499. The molecule has 0 aliphatic carbocycles. The largest absolute Gasteiger partial charge is 0.435 e. The second kappa shape index (κ2) is 9.56. The number of thioether (sulfide) groups is 1. The molecule has 1 heterocycles. The number of hydrogen-bond acceptors (Lipinski definition) is 5.